The first-order valence-electron chi connectivity index (χ1n) is 10.7. The molecule has 1 aromatic heterocycles. The zero-order chi connectivity index (χ0) is 25.9. The second-order valence-corrected chi connectivity index (χ2v) is 9.70. The van der Waals surface area contributed by atoms with Crippen LogP contribution in [0.5, 0.6) is 0 Å². The molecular formula is C25H21ClFN5O3S. The van der Waals surface area contributed by atoms with Gasteiger partial charge in [-0.15, -0.1) is 3.89 Å². The third-order valence-electron chi connectivity index (χ3n) is 5.38. The molecule has 4 aromatic rings. The van der Waals surface area contributed by atoms with E-state index in [0.29, 0.717) is 34.8 Å². The van der Waals surface area contributed by atoms with E-state index in [2.05, 4.69) is 15.3 Å². The average molecular weight is 526 g/mol. The average Bonchev–Trinajstić information content (AvgIpc) is 2.83. The molecule has 0 aliphatic carbocycles. The molecule has 0 unspecified atom stereocenters. The summed E-state index contributed by atoms with van der Waals surface area (Å²) in [5.41, 5.74) is 15.5. The molecule has 5 N–H and O–H groups in total. The second kappa shape index (κ2) is 10.3. The first kappa shape index (κ1) is 25.1. The van der Waals surface area contributed by atoms with E-state index >= 15 is 0 Å². The molecule has 11 heteroatoms. The van der Waals surface area contributed by atoms with Crippen LogP contribution in [0.15, 0.2) is 77.7 Å². The summed E-state index contributed by atoms with van der Waals surface area (Å²) in [6.45, 7) is 0. The van der Waals surface area contributed by atoms with Crippen LogP contribution in [0.3, 0.4) is 0 Å². The smallest absolute Gasteiger partial charge is 0.332 e. The van der Waals surface area contributed by atoms with E-state index in [-0.39, 0.29) is 17.3 Å². The fraction of sp³-hybridized carbons (Fsp3) is 0.0800. The highest BCUT2D eigenvalue weighted by Crippen LogP contribution is 2.30. The Morgan fingerprint density at radius 2 is 1.67 bits per heavy atom. The first-order chi connectivity index (χ1) is 17.1. The van der Waals surface area contributed by atoms with Crippen LogP contribution in [-0.4, -0.2) is 24.3 Å². The molecule has 0 bridgehead atoms. The summed E-state index contributed by atoms with van der Waals surface area (Å²) in [7, 11) is -4.92. The monoisotopic (exact) mass is 525 g/mol. The number of carbonyl (C=O) groups is 1. The highest BCUT2D eigenvalue weighted by molar-refractivity contribution is 7.86. The zero-order valence-corrected chi connectivity index (χ0v) is 20.4. The van der Waals surface area contributed by atoms with Gasteiger partial charge in [-0.2, -0.15) is 13.4 Å². The minimum absolute atomic E-state index is 0.0127. The summed E-state index contributed by atoms with van der Waals surface area (Å²) in [6.07, 6.45) is 1.04. The Labute approximate surface area is 212 Å². The number of nitrogens with one attached hydrogen (secondary N) is 1. The van der Waals surface area contributed by atoms with Gasteiger partial charge in [0.15, 0.2) is 0 Å². The Hall–Kier alpha value is -4.02. The molecule has 8 nitrogen and oxygen atoms in total. The Bertz CT molecular complexity index is 1550. The molecule has 3 aromatic carbocycles. The van der Waals surface area contributed by atoms with Crippen LogP contribution in [0, 0.1) is 0 Å². The van der Waals surface area contributed by atoms with Crippen LogP contribution < -0.4 is 16.8 Å². The van der Waals surface area contributed by atoms with E-state index in [4.69, 9.17) is 23.1 Å². The third kappa shape index (κ3) is 5.96. The number of nitrogens with zero attached hydrogens (tertiary/aromatic N) is 2. The molecule has 0 radical (unpaired) electrons. The van der Waals surface area contributed by atoms with Crippen molar-refractivity contribution >= 4 is 45.2 Å². The van der Waals surface area contributed by atoms with Crippen molar-refractivity contribution in [2.75, 3.05) is 16.8 Å². The number of hydrogen-bond acceptors (Lipinski definition) is 7. The van der Waals surface area contributed by atoms with Gasteiger partial charge in [0.05, 0.1) is 10.6 Å². The highest BCUT2D eigenvalue weighted by Gasteiger charge is 2.16. The summed E-state index contributed by atoms with van der Waals surface area (Å²) in [5.74, 6) is -0.240. The molecule has 0 fully saturated rings. The van der Waals surface area contributed by atoms with Crippen molar-refractivity contribution in [2.45, 2.75) is 17.7 Å². The summed E-state index contributed by atoms with van der Waals surface area (Å²) >= 11 is 6.01. The first-order valence-corrected chi connectivity index (χ1v) is 12.5. The zero-order valence-electron chi connectivity index (χ0n) is 18.8. The number of anilines is 3. The maximum atomic E-state index is 13.3. The lowest BCUT2D eigenvalue weighted by Crippen LogP contribution is -2.12. The van der Waals surface area contributed by atoms with Crippen molar-refractivity contribution in [3.63, 3.8) is 0 Å². The van der Waals surface area contributed by atoms with E-state index in [1.807, 2.05) is 18.2 Å². The lowest BCUT2D eigenvalue weighted by Gasteiger charge is -2.13. The lowest BCUT2D eigenvalue weighted by molar-refractivity contribution is 0.102. The molecule has 1 amide bonds. The van der Waals surface area contributed by atoms with Crippen LogP contribution in [-0.2, 0) is 23.1 Å². The van der Waals surface area contributed by atoms with Crippen LogP contribution in [0.2, 0.25) is 5.02 Å². The number of benzene rings is 3. The molecule has 0 aliphatic rings. The Morgan fingerprint density at radius 1 is 0.944 bits per heavy atom. The number of nitrogen functional groups attached to an aromatic ring is 2. The van der Waals surface area contributed by atoms with Crippen LogP contribution >= 0.6 is 11.6 Å². The van der Waals surface area contributed by atoms with E-state index in [9.17, 15) is 17.1 Å². The fourth-order valence-electron chi connectivity index (χ4n) is 3.72. The predicted molar refractivity (Wildman–Crippen MR) is 138 cm³/mol. The Morgan fingerprint density at radius 3 is 2.39 bits per heavy atom. The van der Waals surface area contributed by atoms with Crippen molar-refractivity contribution < 1.29 is 17.1 Å². The van der Waals surface area contributed by atoms with Gasteiger partial charge >= 0.3 is 10.2 Å². The molecule has 0 saturated carbocycles. The topological polar surface area (TPSA) is 141 Å². The third-order valence-corrected chi connectivity index (χ3v) is 6.44. The van der Waals surface area contributed by atoms with Gasteiger partial charge < -0.3 is 16.8 Å². The summed E-state index contributed by atoms with van der Waals surface area (Å²) in [4.78, 5) is 20.5. The van der Waals surface area contributed by atoms with Gasteiger partial charge in [-0.05, 0) is 66.4 Å². The van der Waals surface area contributed by atoms with E-state index < -0.39 is 21.0 Å². The minimum Gasteiger partial charge on any atom is -0.383 e. The molecule has 0 saturated heterocycles. The number of hydrogen-bond donors (Lipinski definition) is 3. The van der Waals surface area contributed by atoms with Gasteiger partial charge in [0, 0.05) is 21.8 Å². The van der Waals surface area contributed by atoms with Crippen molar-refractivity contribution in [1.82, 2.24) is 9.97 Å². The molecule has 0 atom stereocenters. The van der Waals surface area contributed by atoms with Gasteiger partial charge in [0.2, 0.25) is 5.95 Å². The molecule has 184 valence electrons. The van der Waals surface area contributed by atoms with Crippen molar-refractivity contribution in [3.05, 3.63) is 94.6 Å². The maximum absolute atomic E-state index is 13.3. The largest absolute Gasteiger partial charge is 0.383 e. The van der Waals surface area contributed by atoms with Gasteiger partial charge in [-0.1, -0.05) is 41.9 Å². The molecule has 36 heavy (non-hydrogen) atoms. The van der Waals surface area contributed by atoms with Crippen molar-refractivity contribution in [2.24, 2.45) is 0 Å². The predicted octanol–water partition coefficient (Wildman–Crippen LogP) is 4.66. The fourth-order valence-corrected chi connectivity index (χ4v) is 4.35. The number of halogens is 2. The van der Waals surface area contributed by atoms with Gasteiger partial charge in [-0.25, -0.2) is 4.98 Å². The summed E-state index contributed by atoms with van der Waals surface area (Å²) in [6, 6.07) is 19.1. The van der Waals surface area contributed by atoms with Crippen LogP contribution in [0.25, 0.3) is 11.1 Å². The number of carbonyl (C=O) groups excluding carboxylic acids is 1. The van der Waals surface area contributed by atoms with Crippen molar-refractivity contribution in [1.29, 1.82) is 0 Å². The Kier molecular flexibility index (Phi) is 7.18. The molecule has 0 aliphatic heterocycles. The number of rotatable bonds is 7. The molecular weight excluding hydrogens is 505 g/mol. The maximum Gasteiger partial charge on any atom is 0.332 e. The van der Waals surface area contributed by atoms with Gasteiger partial charge in [0.25, 0.3) is 5.91 Å². The number of amides is 1. The van der Waals surface area contributed by atoms with E-state index in [0.717, 1.165) is 23.3 Å². The molecule has 0 spiro atoms. The Balaban J connectivity index is 1.53. The van der Waals surface area contributed by atoms with Gasteiger partial charge in [-0.3, -0.25) is 4.79 Å². The minimum atomic E-state index is -4.92. The lowest BCUT2D eigenvalue weighted by atomic mass is 9.99. The van der Waals surface area contributed by atoms with E-state index in [1.165, 1.54) is 12.1 Å². The SMILES string of the molecule is Nc1nc(N)c(-c2ccc(Cl)cc2)c(CCc2cccc(NC(=O)c3cccc(S(=O)(=O)F)c3)c2)n1. The standard InChI is InChI=1S/C25H21ClFN5O3S/c26-18-10-8-16(9-11-18)22-21(31-25(29)32-23(22)28)12-7-15-3-1-5-19(13-15)30-24(33)17-4-2-6-20(14-17)36(27,34)35/h1-6,8-11,13-14H,7,12H2,(H,30,33)(H4,28,29,31,32). The van der Waals surface area contributed by atoms with Crippen LogP contribution in [0.4, 0.5) is 21.3 Å². The van der Waals surface area contributed by atoms with Crippen LogP contribution in [0.1, 0.15) is 21.6 Å². The second-order valence-electron chi connectivity index (χ2n) is 7.92. The highest BCUT2D eigenvalue weighted by atomic mass is 35.5. The molecule has 1 heterocycles. The molecule has 4 rings (SSSR count). The number of aryl methyl sites for hydroxylation is 2. The number of aromatic nitrogens is 2. The summed E-state index contributed by atoms with van der Waals surface area (Å²) in [5, 5.41) is 3.29. The normalized spacial score (nSPS) is 11.3. The van der Waals surface area contributed by atoms with E-state index in [1.54, 1.807) is 30.3 Å². The quantitative estimate of drug-likeness (QED) is 0.298. The van der Waals surface area contributed by atoms with Crippen molar-refractivity contribution in [3.8, 4) is 11.1 Å². The van der Waals surface area contributed by atoms with Gasteiger partial charge in [0.1, 0.15) is 5.82 Å². The number of nitrogens with two attached hydrogens (primary N) is 2. The summed E-state index contributed by atoms with van der Waals surface area (Å²) < 4.78 is 35.6.